The quantitative estimate of drug-likeness (QED) is 0.350. The zero-order valence-electron chi connectivity index (χ0n) is 18.0. The Kier molecular flexibility index (Phi) is 6.96. The van der Waals surface area contributed by atoms with E-state index in [1.165, 1.54) is 11.3 Å². The molecule has 32 heavy (non-hydrogen) atoms. The predicted molar refractivity (Wildman–Crippen MR) is 126 cm³/mol. The van der Waals surface area contributed by atoms with Crippen LogP contribution < -0.4 is 14.8 Å². The molecule has 0 radical (unpaired) electrons. The normalized spacial score (nSPS) is 11.0. The third-order valence-electron chi connectivity index (χ3n) is 4.93. The second-order valence-electron chi connectivity index (χ2n) is 6.97. The van der Waals surface area contributed by atoms with Crippen molar-refractivity contribution in [3.05, 3.63) is 64.4 Å². The van der Waals surface area contributed by atoms with E-state index in [1.54, 1.807) is 26.0 Å². The zero-order valence-corrected chi connectivity index (χ0v) is 19.6. The largest absolute Gasteiger partial charge is 0.497 e. The van der Waals surface area contributed by atoms with Crippen molar-refractivity contribution >= 4 is 40.0 Å². The summed E-state index contributed by atoms with van der Waals surface area (Å²) in [4.78, 5) is 13.0. The predicted octanol–water partition coefficient (Wildman–Crippen LogP) is 4.87. The van der Waals surface area contributed by atoms with Crippen LogP contribution in [-0.2, 0) is 12.2 Å². The molecule has 2 aromatic heterocycles. The van der Waals surface area contributed by atoms with Crippen LogP contribution in [0.15, 0.2) is 51.2 Å². The number of aryl methyl sites for hydroxylation is 1. The van der Waals surface area contributed by atoms with E-state index in [4.69, 9.17) is 13.9 Å². The van der Waals surface area contributed by atoms with Crippen molar-refractivity contribution in [2.24, 2.45) is 0 Å². The van der Waals surface area contributed by atoms with E-state index >= 15 is 0 Å². The fourth-order valence-corrected chi connectivity index (χ4v) is 5.19. The molecule has 0 spiro atoms. The Morgan fingerprint density at radius 3 is 2.75 bits per heavy atom. The number of hydrogen-bond acceptors (Lipinski definition) is 8. The van der Waals surface area contributed by atoms with Crippen molar-refractivity contribution in [2.75, 3.05) is 20.8 Å². The van der Waals surface area contributed by atoms with E-state index in [1.807, 2.05) is 49.4 Å². The molecule has 1 amide bonds. The molecular weight excluding hydrogens is 446 g/mol. The molecule has 0 atom stereocenters. The van der Waals surface area contributed by atoms with Gasteiger partial charge in [-0.2, -0.15) is 0 Å². The summed E-state index contributed by atoms with van der Waals surface area (Å²) in [5, 5.41) is 13.0. The van der Waals surface area contributed by atoms with Crippen LogP contribution in [0.5, 0.6) is 11.5 Å². The van der Waals surface area contributed by atoms with Crippen LogP contribution in [0.3, 0.4) is 0 Å². The van der Waals surface area contributed by atoms with E-state index in [0.717, 1.165) is 37.4 Å². The molecule has 7 nitrogen and oxygen atoms in total. The van der Waals surface area contributed by atoms with Gasteiger partial charge in [-0.1, -0.05) is 47.4 Å². The van der Waals surface area contributed by atoms with E-state index in [9.17, 15) is 4.79 Å². The molecule has 166 valence electrons. The lowest BCUT2D eigenvalue weighted by Gasteiger charge is -2.11. The second kappa shape index (κ2) is 10.1. The highest BCUT2D eigenvalue weighted by Crippen LogP contribution is 2.33. The number of aromatic nitrogens is 2. The summed E-state index contributed by atoms with van der Waals surface area (Å²) in [5.74, 6) is 2.12. The molecule has 2 heterocycles. The molecule has 4 aromatic rings. The summed E-state index contributed by atoms with van der Waals surface area (Å²) in [5.41, 5.74) is 2.54. The SMILES string of the molecule is COc1ccc(CCNC(=O)c2oc3ccccc3c2CSc2nnc(C)s2)c(OC)c1. The molecule has 0 aliphatic carbocycles. The van der Waals surface area contributed by atoms with Crippen LogP contribution >= 0.6 is 23.1 Å². The molecule has 2 aromatic carbocycles. The molecule has 0 saturated carbocycles. The number of thioether (sulfide) groups is 1. The summed E-state index contributed by atoms with van der Waals surface area (Å²) in [6, 6.07) is 13.3. The van der Waals surface area contributed by atoms with Crippen molar-refractivity contribution in [3.8, 4) is 11.5 Å². The first-order chi connectivity index (χ1) is 15.6. The molecule has 0 saturated heterocycles. The number of amides is 1. The molecule has 0 aliphatic heterocycles. The number of nitrogens with one attached hydrogen (secondary N) is 1. The molecule has 1 N–H and O–H groups in total. The summed E-state index contributed by atoms with van der Waals surface area (Å²) in [6.45, 7) is 2.37. The van der Waals surface area contributed by atoms with Gasteiger partial charge in [-0.05, 0) is 31.0 Å². The molecule has 4 rings (SSSR count). The zero-order chi connectivity index (χ0) is 22.5. The Morgan fingerprint density at radius 2 is 2.00 bits per heavy atom. The Hall–Kier alpha value is -3.04. The molecule has 9 heteroatoms. The summed E-state index contributed by atoms with van der Waals surface area (Å²) in [7, 11) is 3.23. The first kappa shape index (κ1) is 22.2. The van der Waals surface area contributed by atoms with Crippen LogP contribution in [0.25, 0.3) is 11.0 Å². The summed E-state index contributed by atoms with van der Waals surface area (Å²) < 4.78 is 17.5. The number of para-hydroxylation sites is 1. The molecular formula is C23H23N3O4S2. The minimum atomic E-state index is -0.238. The average molecular weight is 470 g/mol. The molecule has 0 fully saturated rings. The standard InChI is InChI=1S/C23H23N3O4S2/c1-14-25-26-23(32-14)31-13-18-17-6-4-5-7-19(17)30-21(18)22(27)24-11-10-15-8-9-16(28-2)12-20(15)29-3/h4-9,12H,10-11,13H2,1-3H3,(H,24,27). The molecule has 0 bridgehead atoms. The first-order valence-electron chi connectivity index (χ1n) is 10.0. The van der Waals surface area contributed by atoms with Crippen molar-refractivity contribution < 1.29 is 18.7 Å². The lowest BCUT2D eigenvalue weighted by Crippen LogP contribution is -2.26. The molecule has 0 aliphatic rings. The van der Waals surface area contributed by atoms with Gasteiger partial charge in [0.05, 0.1) is 14.2 Å². The Labute approximate surface area is 194 Å². The van der Waals surface area contributed by atoms with Crippen molar-refractivity contribution in [2.45, 2.75) is 23.4 Å². The fourth-order valence-electron chi connectivity index (χ4n) is 3.35. The van der Waals surface area contributed by atoms with Gasteiger partial charge in [0, 0.05) is 29.3 Å². The number of rotatable bonds is 9. The maximum absolute atomic E-state index is 13.0. The Balaban J connectivity index is 1.48. The minimum absolute atomic E-state index is 0.238. The van der Waals surface area contributed by atoms with Gasteiger partial charge in [0.15, 0.2) is 10.1 Å². The summed E-state index contributed by atoms with van der Waals surface area (Å²) in [6.07, 6.45) is 0.618. The van der Waals surface area contributed by atoms with E-state index in [0.29, 0.717) is 30.1 Å². The average Bonchev–Trinajstić information content (AvgIpc) is 3.40. The van der Waals surface area contributed by atoms with E-state index in [2.05, 4.69) is 15.5 Å². The number of benzene rings is 2. The van der Waals surface area contributed by atoms with Gasteiger partial charge in [-0.3, -0.25) is 4.79 Å². The number of methoxy groups -OCH3 is 2. The monoisotopic (exact) mass is 469 g/mol. The number of ether oxygens (including phenoxy) is 2. The molecule has 0 unspecified atom stereocenters. The third-order valence-corrected chi connectivity index (χ3v) is 6.92. The van der Waals surface area contributed by atoms with Crippen molar-refractivity contribution in [1.29, 1.82) is 0 Å². The lowest BCUT2D eigenvalue weighted by atomic mass is 10.1. The smallest absolute Gasteiger partial charge is 0.287 e. The maximum Gasteiger partial charge on any atom is 0.287 e. The maximum atomic E-state index is 13.0. The van der Waals surface area contributed by atoms with Gasteiger partial charge in [0.2, 0.25) is 0 Å². The van der Waals surface area contributed by atoms with Gasteiger partial charge in [-0.25, -0.2) is 0 Å². The number of hydrogen-bond donors (Lipinski definition) is 1. The summed E-state index contributed by atoms with van der Waals surface area (Å²) >= 11 is 3.09. The first-order valence-corrected chi connectivity index (χ1v) is 11.8. The Bertz CT molecular complexity index is 1240. The van der Waals surface area contributed by atoms with Crippen LogP contribution in [0, 0.1) is 6.92 Å². The van der Waals surface area contributed by atoms with Gasteiger partial charge in [-0.15, -0.1) is 10.2 Å². The van der Waals surface area contributed by atoms with E-state index < -0.39 is 0 Å². The van der Waals surface area contributed by atoms with Gasteiger partial charge in [0.25, 0.3) is 5.91 Å². The second-order valence-corrected chi connectivity index (χ2v) is 9.37. The van der Waals surface area contributed by atoms with Crippen LogP contribution in [0.4, 0.5) is 0 Å². The van der Waals surface area contributed by atoms with Gasteiger partial charge < -0.3 is 19.2 Å². The van der Waals surface area contributed by atoms with Gasteiger partial charge >= 0.3 is 0 Å². The number of carbonyl (C=O) groups is 1. The Morgan fingerprint density at radius 1 is 1.16 bits per heavy atom. The lowest BCUT2D eigenvalue weighted by molar-refractivity contribution is 0.0927. The number of carbonyl (C=O) groups excluding carboxylic acids is 1. The van der Waals surface area contributed by atoms with Gasteiger partial charge in [0.1, 0.15) is 22.1 Å². The highest BCUT2D eigenvalue weighted by Gasteiger charge is 2.21. The van der Waals surface area contributed by atoms with Crippen LogP contribution in [-0.4, -0.2) is 36.9 Å². The highest BCUT2D eigenvalue weighted by atomic mass is 32.2. The highest BCUT2D eigenvalue weighted by molar-refractivity contribution is 8.00. The fraction of sp³-hybridized carbons (Fsp3) is 0.261. The topological polar surface area (TPSA) is 86.5 Å². The van der Waals surface area contributed by atoms with Crippen molar-refractivity contribution in [1.82, 2.24) is 15.5 Å². The van der Waals surface area contributed by atoms with Crippen molar-refractivity contribution in [3.63, 3.8) is 0 Å². The number of furan rings is 1. The third kappa shape index (κ3) is 4.89. The van der Waals surface area contributed by atoms with Crippen LogP contribution in [0.1, 0.15) is 26.7 Å². The van der Waals surface area contributed by atoms with Crippen LogP contribution in [0.2, 0.25) is 0 Å². The number of fused-ring (bicyclic) bond motifs is 1. The minimum Gasteiger partial charge on any atom is -0.497 e. The number of nitrogens with zero attached hydrogens (tertiary/aromatic N) is 2. The van der Waals surface area contributed by atoms with E-state index in [-0.39, 0.29) is 5.91 Å².